The summed E-state index contributed by atoms with van der Waals surface area (Å²) >= 11 is 3.37. The molecule has 0 unspecified atom stereocenters. The molecule has 1 saturated heterocycles. The Morgan fingerprint density at radius 1 is 1.58 bits per heavy atom. The molecule has 1 aromatic carbocycles. The number of carbonyl (C=O) groups excluding carboxylic acids is 1. The zero-order valence-electron chi connectivity index (χ0n) is 10.3. The van der Waals surface area contributed by atoms with E-state index in [1.54, 1.807) is 11.0 Å². The number of nitrogens with zero attached hydrogens (tertiary/aromatic N) is 2. The molecule has 1 aliphatic heterocycles. The summed E-state index contributed by atoms with van der Waals surface area (Å²) < 4.78 is 5.03. The molecule has 1 aliphatic rings. The molecule has 6 nitrogen and oxygen atoms in total. The Morgan fingerprint density at radius 3 is 2.79 bits per heavy atom. The molecule has 2 rings (SSSR count). The number of methoxy groups -OCH3 is 1. The highest BCUT2D eigenvalue weighted by Gasteiger charge is 2.33. The zero-order chi connectivity index (χ0) is 14.0. The predicted octanol–water partition coefficient (Wildman–Crippen LogP) is 2.07. The Hall–Kier alpha value is -1.63. The van der Waals surface area contributed by atoms with Gasteiger partial charge < -0.3 is 9.64 Å². The number of halogens is 1. The number of likely N-dealkylation sites (tertiary alicyclic amines) is 1. The molecule has 0 N–H and O–H groups in total. The van der Waals surface area contributed by atoms with Crippen LogP contribution in [-0.4, -0.2) is 41.3 Å². The van der Waals surface area contributed by atoms with Gasteiger partial charge in [-0.3, -0.25) is 14.9 Å². The first-order chi connectivity index (χ1) is 9.08. The molecule has 0 radical (unpaired) electrons. The lowest BCUT2D eigenvalue weighted by Gasteiger charge is -2.38. The molecule has 0 aromatic heterocycles. The van der Waals surface area contributed by atoms with E-state index in [9.17, 15) is 14.9 Å². The summed E-state index contributed by atoms with van der Waals surface area (Å²) in [5.74, 6) is 0.256. The Kier molecular flexibility index (Phi) is 4.04. The molecule has 0 atom stereocenters. The first kappa shape index (κ1) is 13.8. The van der Waals surface area contributed by atoms with E-state index in [1.807, 2.05) is 0 Å². The van der Waals surface area contributed by atoms with Crippen molar-refractivity contribution in [2.45, 2.75) is 0 Å². The summed E-state index contributed by atoms with van der Waals surface area (Å²) in [6.45, 7) is 1.33. The van der Waals surface area contributed by atoms with Gasteiger partial charge in [0, 0.05) is 30.4 Å². The maximum atomic E-state index is 12.3. The predicted molar refractivity (Wildman–Crippen MR) is 72.8 cm³/mol. The molecule has 1 heterocycles. The summed E-state index contributed by atoms with van der Waals surface area (Å²) in [6.07, 6.45) is 0. The lowest BCUT2D eigenvalue weighted by molar-refractivity contribution is -0.385. The maximum Gasteiger partial charge on any atom is 0.311 e. The van der Waals surface area contributed by atoms with Crippen molar-refractivity contribution >= 4 is 27.5 Å². The summed E-state index contributed by atoms with van der Waals surface area (Å²) in [4.78, 5) is 24.3. The van der Waals surface area contributed by atoms with E-state index >= 15 is 0 Å². The smallest absolute Gasteiger partial charge is 0.311 e. The van der Waals surface area contributed by atoms with Crippen molar-refractivity contribution in [1.29, 1.82) is 0 Å². The average Bonchev–Trinajstić information content (AvgIpc) is 2.36. The summed E-state index contributed by atoms with van der Waals surface area (Å²) in [5, 5.41) is 11.8. The summed E-state index contributed by atoms with van der Waals surface area (Å²) in [6, 6.07) is 4.37. The van der Waals surface area contributed by atoms with Gasteiger partial charge in [-0.05, 0) is 6.07 Å². The van der Waals surface area contributed by atoms with Gasteiger partial charge in [0.2, 0.25) is 5.75 Å². The van der Waals surface area contributed by atoms with E-state index in [2.05, 4.69) is 15.9 Å². The fourth-order valence-corrected chi connectivity index (χ4v) is 2.46. The van der Waals surface area contributed by atoms with Gasteiger partial charge in [0.25, 0.3) is 5.91 Å². The fraction of sp³-hybridized carbons (Fsp3) is 0.417. The molecule has 0 saturated carbocycles. The van der Waals surface area contributed by atoms with Gasteiger partial charge in [0.1, 0.15) is 0 Å². The van der Waals surface area contributed by atoms with Crippen molar-refractivity contribution in [2.75, 3.05) is 25.5 Å². The largest absolute Gasteiger partial charge is 0.490 e. The second-order valence-electron chi connectivity index (χ2n) is 4.35. The Balaban J connectivity index is 2.27. The first-order valence-corrected chi connectivity index (χ1v) is 6.87. The van der Waals surface area contributed by atoms with Crippen LogP contribution in [0.3, 0.4) is 0 Å². The van der Waals surface area contributed by atoms with Crippen LogP contribution in [0.25, 0.3) is 0 Å². The van der Waals surface area contributed by atoms with Crippen molar-refractivity contribution < 1.29 is 14.5 Å². The van der Waals surface area contributed by atoms with Crippen molar-refractivity contribution in [3.05, 3.63) is 33.9 Å². The van der Waals surface area contributed by atoms with Crippen LogP contribution in [0, 0.1) is 16.0 Å². The highest BCUT2D eigenvalue weighted by atomic mass is 79.9. The van der Waals surface area contributed by atoms with Crippen LogP contribution in [0.4, 0.5) is 5.69 Å². The van der Waals surface area contributed by atoms with E-state index in [0.717, 1.165) is 5.33 Å². The van der Waals surface area contributed by atoms with E-state index in [4.69, 9.17) is 4.74 Å². The van der Waals surface area contributed by atoms with Crippen LogP contribution in [0.2, 0.25) is 0 Å². The molecule has 7 heteroatoms. The van der Waals surface area contributed by atoms with Gasteiger partial charge in [-0.1, -0.05) is 22.0 Å². The third-order valence-electron chi connectivity index (χ3n) is 3.09. The minimum atomic E-state index is -0.549. The number of para-hydroxylation sites is 1. The summed E-state index contributed by atoms with van der Waals surface area (Å²) in [7, 11) is 1.33. The molecule has 102 valence electrons. The molecule has 0 spiro atoms. The number of amides is 1. The second-order valence-corrected chi connectivity index (χ2v) is 4.99. The van der Waals surface area contributed by atoms with Crippen LogP contribution in [0.15, 0.2) is 18.2 Å². The minimum Gasteiger partial charge on any atom is -0.490 e. The molecule has 19 heavy (non-hydrogen) atoms. The van der Waals surface area contributed by atoms with Gasteiger partial charge in [-0.25, -0.2) is 0 Å². The fourth-order valence-electron chi connectivity index (χ4n) is 2.06. The number of alkyl halides is 1. The Bertz CT molecular complexity index is 514. The second kappa shape index (κ2) is 5.56. The first-order valence-electron chi connectivity index (χ1n) is 5.75. The number of carbonyl (C=O) groups is 1. The Labute approximate surface area is 118 Å². The van der Waals surface area contributed by atoms with E-state index in [1.165, 1.54) is 19.2 Å². The lowest BCUT2D eigenvalue weighted by atomic mass is 10.0. The standard InChI is InChI=1S/C12H13BrN2O4/c1-19-11-9(3-2-4-10(11)15(17)18)12(16)14-6-8(5-13)7-14/h2-4,8H,5-7H2,1H3. The van der Waals surface area contributed by atoms with Gasteiger partial charge in [0.15, 0.2) is 0 Å². The monoisotopic (exact) mass is 328 g/mol. The number of hydrogen-bond donors (Lipinski definition) is 0. The summed E-state index contributed by atoms with van der Waals surface area (Å²) in [5.41, 5.74) is 0.0515. The van der Waals surface area contributed by atoms with Crippen molar-refractivity contribution in [2.24, 2.45) is 5.92 Å². The lowest BCUT2D eigenvalue weighted by Crippen LogP contribution is -2.50. The van der Waals surface area contributed by atoms with Gasteiger partial charge in [-0.2, -0.15) is 0 Å². The van der Waals surface area contributed by atoms with E-state index in [0.29, 0.717) is 19.0 Å². The molecule has 0 aliphatic carbocycles. The molecular weight excluding hydrogens is 316 g/mol. The third kappa shape index (κ3) is 2.56. The van der Waals surface area contributed by atoms with Gasteiger partial charge >= 0.3 is 5.69 Å². The molecule has 1 aromatic rings. The number of hydrogen-bond acceptors (Lipinski definition) is 4. The van der Waals surface area contributed by atoms with Crippen molar-refractivity contribution in [1.82, 2.24) is 4.90 Å². The quantitative estimate of drug-likeness (QED) is 0.482. The molecular formula is C12H13BrN2O4. The molecule has 1 fully saturated rings. The van der Waals surface area contributed by atoms with Crippen LogP contribution in [0.5, 0.6) is 5.75 Å². The van der Waals surface area contributed by atoms with Crippen LogP contribution in [0.1, 0.15) is 10.4 Å². The maximum absolute atomic E-state index is 12.3. The number of ether oxygens (including phenoxy) is 1. The van der Waals surface area contributed by atoms with Gasteiger partial charge in [-0.15, -0.1) is 0 Å². The average molecular weight is 329 g/mol. The van der Waals surface area contributed by atoms with Crippen LogP contribution >= 0.6 is 15.9 Å². The molecule has 0 bridgehead atoms. The van der Waals surface area contributed by atoms with Crippen molar-refractivity contribution in [3.8, 4) is 5.75 Å². The highest BCUT2D eigenvalue weighted by Crippen LogP contribution is 2.32. The Morgan fingerprint density at radius 2 is 2.26 bits per heavy atom. The number of nitro groups is 1. The number of benzene rings is 1. The van der Waals surface area contributed by atoms with Crippen LogP contribution in [-0.2, 0) is 0 Å². The normalized spacial score (nSPS) is 14.9. The van der Waals surface area contributed by atoms with E-state index in [-0.39, 0.29) is 22.9 Å². The van der Waals surface area contributed by atoms with Crippen LogP contribution < -0.4 is 4.74 Å². The zero-order valence-corrected chi connectivity index (χ0v) is 11.9. The highest BCUT2D eigenvalue weighted by molar-refractivity contribution is 9.09. The number of nitro benzene ring substituents is 1. The third-order valence-corrected chi connectivity index (χ3v) is 4.00. The number of rotatable bonds is 4. The van der Waals surface area contributed by atoms with Crippen molar-refractivity contribution in [3.63, 3.8) is 0 Å². The minimum absolute atomic E-state index is 0.0276. The van der Waals surface area contributed by atoms with E-state index < -0.39 is 4.92 Å². The SMILES string of the molecule is COc1c(C(=O)N2CC(CBr)C2)cccc1[N+](=O)[O-]. The van der Waals surface area contributed by atoms with Gasteiger partial charge in [0.05, 0.1) is 17.6 Å². The molecule has 1 amide bonds. The topological polar surface area (TPSA) is 72.7 Å².